The highest BCUT2D eigenvalue weighted by Crippen LogP contribution is 2.34. The van der Waals surface area contributed by atoms with Gasteiger partial charge in [-0.15, -0.1) is 0 Å². The number of hydrogen-bond donors (Lipinski definition) is 1. The average molecular weight is 333 g/mol. The number of halogens is 1. The van der Waals surface area contributed by atoms with Crippen LogP contribution in [0, 0.1) is 5.92 Å². The lowest BCUT2D eigenvalue weighted by atomic mass is 9.89. The Morgan fingerprint density at radius 2 is 1.55 bits per heavy atom. The van der Waals surface area contributed by atoms with Crippen LogP contribution in [-0.4, -0.2) is 5.11 Å². The molecule has 1 saturated carbocycles. The van der Waals surface area contributed by atoms with Gasteiger partial charge < -0.3 is 5.11 Å². The van der Waals surface area contributed by atoms with E-state index < -0.39 is 0 Å². The minimum Gasteiger partial charge on any atom is -0.388 e. The summed E-state index contributed by atoms with van der Waals surface area (Å²) in [4.78, 5) is 0. The van der Waals surface area contributed by atoms with Crippen molar-refractivity contribution >= 4 is 26.7 Å². The van der Waals surface area contributed by atoms with Crippen LogP contribution in [0.1, 0.15) is 50.2 Å². The van der Waals surface area contributed by atoms with Crippen LogP contribution in [0.25, 0.3) is 10.8 Å². The first-order valence-corrected chi connectivity index (χ1v) is 8.40. The Labute approximate surface area is 129 Å². The standard InChI is InChI=1S/C18H21BrO/c19-17-10-9-14-11-16(8-7-15(14)12-17)18(20)13-5-3-1-2-4-6-13/h7-13,18,20H,1-6H2. The van der Waals surface area contributed by atoms with Crippen molar-refractivity contribution in [2.24, 2.45) is 5.92 Å². The third-order valence-corrected chi connectivity index (χ3v) is 5.01. The first-order chi connectivity index (χ1) is 9.74. The minimum absolute atomic E-state index is 0.304. The molecular formula is C18H21BrO. The Morgan fingerprint density at radius 1 is 0.900 bits per heavy atom. The van der Waals surface area contributed by atoms with Crippen LogP contribution in [0.15, 0.2) is 40.9 Å². The lowest BCUT2D eigenvalue weighted by Crippen LogP contribution is -2.11. The van der Waals surface area contributed by atoms with Gasteiger partial charge in [0.25, 0.3) is 0 Å². The molecule has 1 atom stereocenters. The van der Waals surface area contributed by atoms with Gasteiger partial charge in [-0.2, -0.15) is 0 Å². The lowest BCUT2D eigenvalue weighted by Gasteiger charge is -2.22. The highest BCUT2D eigenvalue weighted by Gasteiger charge is 2.22. The molecular weight excluding hydrogens is 312 g/mol. The van der Waals surface area contributed by atoms with Crippen LogP contribution in [0.4, 0.5) is 0 Å². The molecule has 1 N–H and O–H groups in total. The first kappa shape index (κ1) is 14.1. The fourth-order valence-corrected chi connectivity index (χ4v) is 3.70. The van der Waals surface area contributed by atoms with Crippen LogP contribution in [0.3, 0.4) is 0 Å². The highest BCUT2D eigenvalue weighted by molar-refractivity contribution is 9.10. The van der Waals surface area contributed by atoms with E-state index >= 15 is 0 Å². The van der Waals surface area contributed by atoms with E-state index in [1.165, 1.54) is 49.3 Å². The van der Waals surface area contributed by atoms with Gasteiger partial charge in [0, 0.05) is 4.47 Å². The molecule has 0 aromatic heterocycles. The highest BCUT2D eigenvalue weighted by atomic mass is 79.9. The quantitative estimate of drug-likeness (QED) is 0.709. The van der Waals surface area contributed by atoms with Crippen molar-refractivity contribution in [1.29, 1.82) is 0 Å². The van der Waals surface area contributed by atoms with E-state index in [9.17, 15) is 5.11 Å². The van der Waals surface area contributed by atoms with Crippen molar-refractivity contribution in [3.05, 3.63) is 46.4 Å². The molecule has 0 heterocycles. The summed E-state index contributed by atoms with van der Waals surface area (Å²) >= 11 is 3.50. The predicted molar refractivity (Wildman–Crippen MR) is 87.8 cm³/mol. The van der Waals surface area contributed by atoms with Crippen molar-refractivity contribution in [3.8, 4) is 0 Å². The van der Waals surface area contributed by atoms with Gasteiger partial charge in [-0.3, -0.25) is 0 Å². The van der Waals surface area contributed by atoms with Gasteiger partial charge in [0.05, 0.1) is 6.10 Å². The van der Waals surface area contributed by atoms with Crippen LogP contribution in [0.5, 0.6) is 0 Å². The zero-order chi connectivity index (χ0) is 13.9. The summed E-state index contributed by atoms with van der Waals surface area (Å²) < 4.78 is 1.10. The lowest BCUT2D eigenvalue weighted by molar-refractivity contribution is 0.0989. The normalized spacial score (nSPS) is 18.9. The molecule has 0 aliphatic heterocycles. The summed E-state index contributed by atoms with van der Waals surface area (Å²) in [5, 5.41) is 13.1. The van der Waals surface area contributed by atoms with E-state index in [-0.39, 0.29) is 6.10 Å². The molecule has 1 unspecified atom stereocenters. The monoisotopic (exact) mass is 332 g/mol. The molecule has 1 aliphatic carbocycles. The molecule has 0 spiro atoms. The Hall–Kier alpha value is -0.860. The van der Waals surface area contributed by atoms with Gasteiger partial charge in [-0.05, 0) is 53.3 Å². The third kappa shape index (κ3) is 3.07. The number of aliphatic hydroxyl groups excluding tert-OH is 1. The number of hydrogen-bond acceptors (Lipinski definition) is 1. The van der Waals surface area contributed by atoms with Crippen molar-refractivity contribution in [3.63, 3.8) is 0 Å². The second-order valence-corrected chi connectivity index (χ2v) is 6.86. The topological polar surface area (TPSA) is 20.2 Å². The maximum Gasteiger partial charge on any atom is 0.0818 e. The molecule has 0 bridgehead atoms. The summed E-state index contributed by atoms with van der Waals surface area (Å²) in [5.74, 6) is 0.436. The summed E-state index contributed by atoms with van der Waals surface area (Å²) in [7, 11) is 0. The zero-order valence-electron chi connectivity index (χ0n) is 11.7. The van der Waals surface area contributed by atoms with Crippen molar-refractivity contribution in [2.45, 2.75) is 44.6 Å². The van der Waals surface area contributed by atoms with Gasteiger partial charge in [0.15, 0.2) is 0 Å². The SMILES string of the molecule is OC(c1ccc2cc(Br)ccc2c1)C1CCCCCC1. The van der Waals surface area contributed by atoms with E-state index in [0.717, 1.165) is 10.0 Å². The van der Waals surface area contributed by atoms with Crippen LogP contribution in [-0.2, 0) is 0 Å². The molecule has 106 valence electrons. The molecule has 1 aliphatic rings. The predicted octanol–water partition coefficient (Wildman–Crippen LogP) is 5.61. The van der Waals surface area contributed by atoms with E-state index in [2.05, 4.69) is 52.3 Å². The van der Waals surface area contributed by atoms with Gasteiger partial charge in [0.2, 0.25) is 0 Å². The molecule has 3 rings (SSSR count). The van der Waals surface area contributed by atoms with E-state index in [1.54, 1.807) is 0 Å². The number of fused-ring (bicyclic) bond motifs is 1. The Balaban J connectivity index is 1.86. The molecule has 1 nitrogen and oxygen atoms in total. The minimum atomic E-state index is -0.304. The van der Waals surface area contributed by atoms with Crippen molar-refractivity contribution < 1.29 is 5.11 Å². The number of aliphatic hydroxyl groups is 1. The third-order valence-electron chi connectivity index (χ3n) is 4.51. The van der Waals surface area contributed by atoms with Crippen molar-refractivity contribution in [1.82, 2.24) is 0 Å². The van der Waals surface area contributed by atoms with Gasteiger partial charge in [-0.25, -0.2) is 0 Å². The Bertz CT molecular complexity index is 585. The molecule has 1 fully saturated rings. The van der Waals surface area contributed by atoms with Crippen LogP contribution < -0.4 is 0 Å². The van der Waals surface area contributed by atoms with E-state index in [4.69, 9.17) is 0 Å². The summed E-state index contributed by atoms with van der Waals surface area (Å²) in [6.45, 7) is 0. The molecule has 2 aromatic carbocycles. The van der Waals surface area contributed by atoms with Crippen molar-refractivity contribution in [2.75, 3.05) is 0 Å². The second kappa shape index (κ2) is 6.28. The zero-order valence-corrected chi connectivity index (χ0v) is 13.3. The Kier molecular flexibility index (Phi) is 4.42. The molecule has 2 heteroatoms. The number of rotatable bonds is 2. The molecule has 20 heavy (non-hydrogen) atoms. The van der Waals surface area contributed by atoms with Crippen LogP contribution in [0.2, 0.25) is 0 Å². The maximum atomic E-state index is 10.7. The molecule has 0 saturated heterocycles. The molecule has 0 amide bonds. The van der Waals surface area contributed by atoms with E-state index in [1.807, 2.05) is 0 Å². The second-order valence-electron chi connectivity index (χ2n) is 5.95. The summed E-state index contributed by atoms with van der Waals surface area (Å²) in [6.07, 6.45) is 7.22. The fourth-order valence-electron chi connectivity index (χ4n) is 3.32. The Morgan fingerprint density at radius 3 is 2.30 bits per heavy atom. The summed E-state index contributed by atoms with van der Waals surface area (Å²) in [5.41, 5.74) is 1.08. The maximum absolute atomic E-state index is 10.7. The average Bonchev–Trinajstić information content (AvgIpc) is 2.75. The molecule has 2 aromatic rings. The molecule has 0 radical (unpaired) electrons. The van der Waals surface area contributed by atoms with Crippen LogP contribution >= 0.6 is 15.9 Å². The van der Waals surface area contributed by atoms with Gasteiger partial charge in [-0.1, -0.05) is 59.8 Å². The summed E-state index contributed by atoms with van der Waals surface area (Å²) in [6, 6.07) is 12.7. The smallest absolute Gasteiger partial charge is 0.0818 e. The number of benzene rings is 2. The van der Waals surface area contributed by atoms with Gasteiger partial charge >= 0.3 is 0 Å². The fraction of sp³-hybridized carbons (Fsp3) is 0.444. The largest absolute Gasteiger partial charge is 0.388 e. The first-order valence-electron chi connectivity index (χ1n) is 7.61. The van der Waals surface area contributed by atoms with Gasteiger partial charge in [0.1, 0.15) is 0 Å². The van der Waals surface area contributed by atoms with E-state index in [0.29, 0.717) is 5.92 Å².